The van der Waals surface area contributed by atoms with E-state index in [4.69, 9.17) is 4.74 Å². The Labute approximate surface area is 204 Å². The van der Waals surface area contributed by atoms with E-state index in [9.17, 15) is 9.59 Å². The minimum atomic E-state index is -0.404. The van der Waals surface area contributed by atoms with E-state index in [0.717, 1.165) is 39.1 Å². The van der Waals surface area contributed by atoms with Gasteiger partial charge in [0, 0.05) is 50.3 Å². The average Bonchev–Trinajstić information content (AvgIpc) is 3.19. The molecular weight excluding hydrogens is 440 g/mol. The number of amides is 1. The summed E-state index contributed by atoms with van der Waals surface area (Å²) < 4.78 is 6.87. The van der Waals surface area contributed by atoms with Crippen LogP contribution in [0.4, 0.5) is 5.82 Å². The Bertz CT molecular complexity index is 1390. The molecule has 1 fully saturated rings. The highest BCUT2D eigenvalue weighted by atomic mass is 16.5. The number of hydrogen-bond acceptors (Lipinski definition) is 5. The third-order valence-corrected chi connectivity index (χ3v) is 6.68. The van der Waals surface area contributed by atoms with Gasteiger partial charge in [-0.3, -0.25) is 4.79 Å². The highest BCUT2D eigenvalue weighted by Gasteiger charge is 2.29. The van der Waals surface area contributed by atoms with Gasteiger partial charge in [0.15, 0.2) is 0 Å². The maximum Gasteiger partial charge on any atom is 0.339 e. The van der Waals surface area contributed by atoms with Crippen molar-refractivity contribution >= 4 is 28.6 Å². The van der Waals surface area contributed by atoms with Gasteiger partial charge in [0.1, 0.15) is 5.82 Å². The number of aryl methyl sites for hydroxylation is 2. The first kappa shape index (κ1) is 22.7. The summed E-state index contributed by atoms with van der Waals surface area (Å²) in [6.45, 7) is 4.58. The molecular formula is C28H28N4O3. The number of hydrogen-bond donors (Lipinski definition) is 0. The third kappa shape index (κ3) is 4.14. The zero-order valence-electron chi connectivity index (χ0n) is 20.2. The van der Waals surface area contributed by atoms with Gasteiger partial charge in [0.25, 0.3) is 5.91 Å². The molecule has 0 radical (unpaired) electrons. The van der Waals surface area contributed by atoms with Crippen LogP contribution in [0.3, 0.4) is 0 Å². The first-order valence-electron chi connectivity index (χ1n) is 11.7. The number of benzene rings is 2. The van der Waals surface area contributed by atoms with E-state index < -0.39 is 5.97 Å². The Morgan fingerprint density at radius 1 is 0.943 bits per heavy atom. The first-order chi connectivity index (χ1) is 17.0. The number of aromatic nitrogens is 2. The number of carbonyl (C=O) groups excluding carboxylic acids is 2. The van der Waals surface area contributed by atoms with Gasteiger partial charge in [-0.1, -0.05) is 42.0 Å². The molecule has 1 saturated heterocycles. The van der Waals surface area contributed by atoms with E-state index in [1.54, 1.807) is 6.07 Å². The quantitative estimate of drug-likeness (QED) is 0.418. The molecule has 0 saturated carbocycles. The average molecular weight is 469 g/mol. The monoisotopic (exact) mass is 468 g/mol. The molecule has 3 heterocycles. The zero-order valence-corrected chi connectivity index (χ0v) is 20.2. The van der Waals surface area contributed by atoms with Crippen molar-refractivity contribution in [2.45, 2.75) is 6.92 Å². The molecule has 5 rings (SSSR count). The van der Waals surface area contributed by atoms with E-state index in [2.05, 4.69) is 51.7 Å². The summed E-state index contributed by atoms with van der Waals surface area (Å²) in [6.07, 6.45) is 1.53. The lowest BCUT2D eigenvalue weighted by Crippen LogP contribution is -2.49. The van der Waals surface area contributed by atoms with Crippen LogP contribution in [0.15, 0.2) is 66.9 Å². The van der Waals surface area contributed by atoms with Gasteiger partial charge in [-0.05, 0) is 36.8 Å². The summed E-state index contributed by atoms with van der Waals surface area (Å²) >= 11 is 0. The van der Waals surface area contributed by atoms with Crippen molar-refractivity contribution in [2.75, 3.05) is 38.2 Å². The molecule has 178 valence electrons. The van der Waals surface area contributed by atoms with Crippen molar-refractivity contribution in [2.24, 2.45) is 7.05 Å². The molecule has 1 aliphatic rings. The maximum atomic E-state index is 14.0. The SMILES string of the molecule is COC(=O)c1ccc(N2CCN(C(=O)c3c(-c4ccccc4)n(C)c4ccc(C)cc34)CC2)nc1. The fourth-order valence-corrected chi connectivity index (χ4v) is 4.82. The van der Waals surface area contributed by atoms with Gasteiger partial charge in [-0.2, -0.15) is 0 Å². The van der Waals surface area contributed by atoms with Crippen molar-refractivity contribution in [3.63, 3.8) is 0 Å². The molecule has 2 aromatic heterocycles. The molecule has 0 unspecified atom stereocenters. The number of methoxy groups -OCH3 is 1. The maximum absolute atomic E-state index is 14.0. The van der Waals surface area contributed by atoms with Crippen molar-refractivity contribution in [1.29, 1.82) is 0 Å². The number of nitrogens with zero attached hydrogens (tertiary/aromatic N) is 4. The van der Waals surface area contributed by atoms with Crippen molar-refractivity contribution in [3.05, 3.63) is 83.6 Å². The molecule has 0 bridgehead atoms. The molecule has 0 atom stereocenters. The van der Waals surface area contributed by atoms with Crippen LogP contribution < -0.4 is 4.90 Å². The number of pyridine rings is 1. The van der Waals surface area contributed by atoms with Gasteiger partial charge in [-0.25, -0.2) is 9.78 Å². The molecule has 0 N–H and O–H groups in total. The highest BCUT2D eigenvalue weighted by Crippen LogP contribution is 2.35. The number of carbonyl (C=O) groups is 2. The highest BCUT2D eigenvalue weighted by molar-refractivity contribution is 6.13. The van der Waals surface area contributed by atoms with Gasteiger partial charge in [0.05, 0.1) is 23.9 Å². The van der Waals surface area contributed by atoms with Crippen molar-refractivity contribution < 1.29 is 14.3 Å². The van der Waals surface area contributed by atoms with Crippen LogP contribution >= 0.6 is 0 Å². The van der Waals surface area contributed by atoms with Crippen molar-refractivity contribution in [3.8, 4) is 11.3 Å². The number of piperazine rings is 1. The predicted octanol–water partition coefficient (Wildman–Crippen LogP) is 4.30. The summed E-state index contributed by atoms with van der Waals surface area (Å²) in [5, 5.41) is 0.985. The summed E-state index contributed by atoms with van der Waals surface area (Å²) in [6, 6.07) is 19.9. The number of fused-ring (bicyclic) bond motifs is 1. The lowest BCUT2D eigenvalue weighted by atomic mass is 10.0. The van der Waals surface area contributed by atoms with Gasteiger partial charge >= 0.3 is 5.97 Å². The number of esters is 1. The van der Waals surface area contributed by atoms with Crippen molar-refractivity contribution in [1.82, 2.24) is 14.5 Å². The fourth-order valence-electron chi connectivity index (χ4n) is 4.82. The minimum Gasteiger partial charge on any atom is -0.465 e. The van der Waals surface area contributed by atoms with Crippen LogP contribution in [0.5, 0.6) is 0 Å². The Kier molecular flexibility index (Phi) is 5.99. The minimum absolute atomic E-state index is 0.0497. The molecule has 7 heteroatoms. The molecule has 1 aliphatic heterocycles. The molecule has 2 aromatic carbocycles. The molecule has 1 amide bonds. The second-order valence-corrected chi connectivity index (χ2v) is 8.85. The zero-order chi connectivity index (χ0) is 24.5. The second-order valence-electron chi connectivity index (χ2n) is 8.85. The van der Waals surface area contributed by atoms with Gasteiger partial charge in [-0.15, -0.1) is 0 Å². The van der Waals surface area contributed by atoms with E-state index in [1.807, 2.05) is 36.2 Å². The van der Waals surface area contributed by atoms with Gasteiger partial charge < -0.3 is 19.1 Å². The molecule has 35 heavy (non-hydrogen) atoms. The summed E-state index contributed by atoms with van der Waals surface area (Å²) in [5.74, 6) is 0.434. The Morgan fingerprint density at radius 2 is 1.69 bits per heavy atom. The molecule has 0 aliphatic carbocycles. The van der Waals surface area contributed by atoms with Crippen LogP contribution in [-0.2, 0) is 11.8 Å². The Morgan fingerprint density at radius 3 is 2.34 bits per heavy atom. The van der Waals surface area contributed by atoms with Crippen LogP contribution in [0.2, 0.25) is 0 Å². The van der Waals surface area contributed by atoms with Crippen LogP contribution in [-0.4, -0.2) is 59.6 Å². The fraction of sp³-hybridized carbons (Fsp3) is 0.250. The second kappa shape index (κ2) is 9.25. The Balaban J connectivity index is 1.42. The van der Waals surface area contributed by atoms with E-state index in [-0.39, 0.29) is 5.91 Å². The lowest BCUT2D eigenvalue weighted by Gasteiger charge is -2.35. The normalized spacial score (nSPS) is 13.8. The molecule has 0 spiro atoms. The van der Waals surface area contributed by atoms with Crippen LogP contribution in [0.25, 0.3) is 22.2 Å². The van der Waals surface area contributed by atoms with Crippen LogP contribution in [0, 0.1) is 6.92 Å². The summed E-state index contributed by atoms with van der Waals surface area (Å²) in [5.41, 5.74) is 5.32. The standard InChI is InChI=1S/C28H28N4O3/c1-19-9-11-23-22(17-19)25(26(30(23)2)20-7-5-4-6-8-20)27(33)32-15-13-31(14-16-32)24-12-10-21(18-29-24)28(34)35-3/h4-12,17-18H,13-16H2,1-3H3. The van der Waals surface area contributed by atoms with Crippen LogP contribution in [0.1, 0.15) is 26.3 Å². The number of ether oxygens (including phenoxy) is 1. The topological polar surface area (TPSA) is 67.7 Å². The third-order valence-electron chi connectivity index (χ3n) is 6.68. The lowest BCUT2D eigenvalue weighted by molar-refractivity contribution is 0.0599. The largest absolute Gasteiger partial charge is 0.465 e. The molecule has 7 nitrogen and oxygen atoms in total. The number of anilines is 1. The summed E-state index contributed by atoms with van der Waals surface area (Å²) in [7, 11) is 3.38. The predicted molar refractivity (Wildman–Crippen MR) is 137 cm³/mol. The van der Waals surface area contributed by atoms with Gasteiger partial charge in [0.2, 0.25) is 0 Å². The van der Waals surface area contributed by atoms with E-state index >= 15 is 0 Å². The molecule has 4 aromatic rings. The summed E-state index contributed by atoms with van der Waals surface area (Å²) in [4.78, 5) is 34.1. The Hall–Kier alpha value is -4.13. The van der Waals surface area contributed by atoms with E-state index in [1.165, 1.54) is 13.3 Å². The van der Waals surface area contributed by atoms with E-state index in [0.29, 0.717) is 31.7 Å². The smallest absolute Gasteiger partial charge is 0.339 e. The number of rotatable bonds is 4. The first-order valence-corrected chi connectivity index (χ1v) is 11.7.